The van der Waals surface area contributed by atoms with Gasteiger partial charge in [0, 0.05) is 17.3 Å². The van der Waals surface area contributed by atoms with E-state index in [0.29, 0.717) is 22.4 Å². The third kappa shape index (κ3) is 2.31. The SMILES string of the molecule is Cc1cc(C)c2c(=O)cc(-c3ccc(C)c(N)c3)oc2c1. The number of rotatable bonds is 1. The van der Waals surface area contributed by atoms with Crippen molar-refractivity contribution in [3.8, 4) is 11.3 Å². The zero-order valence-electron chi connectivity index (χ0n) is 12.4. The maximum atomic E-state index is 12.4. The molecule has 0 aliphatic heterocycles. The number of hydrogen-bond acceptors (Lipinski definition) is 3. The summed E-state index contributed by atoms with van der Waals surface area (Å²) in [6.07, 6.45) is 0. The maximum Gasteiger partial charge on any atom is 0.193 e. The van der Waals surface area contributed by atoms with Crippen molar-refractivity contribution in [3.05, 3.63) is 63.3 Å². The first kappa shape index (κ1) is 13.4. The average Bonchev–Trinajstić information content (AvgIpc) is 2.40. The molecule has 3 heteroatoms. The molecular formula is C18H17NO2. The van der Waals surface area contributed by atoms with Crippen LogP contribution in [0, 0.1) is 20.8 Å². The molecule has 1 aromatic heterocycles. The quantitative estimate of drug-likeness (QED) is 0.686. The summed E-state index contributed by atoms with van der Waals surface area (Å²) in [5.41, 5.74) is 11.1. The molecule has 2 N–H and O–H groups in total. The number of hydrogen-bond donors (Lipinski definition) is 1. The minimum atomic E-state index is -0.0251. The highest BCUT2D eigenvalue weighted by Crippen LogP contribution is 2.26. The molecule has 0 fully saturated rings. The molecule has 0 saturated heterocycles. The van der Waals surface area contributed by atoms with Crippen molar-refractivity contribution >= 4 is 16.7 Å². The summed E-state index contributed by atoms with van der Waals surface area (Å²) in [6.45, 7) is 5.86. The fourth-order valence-electron chi connectivity index (χ4n) is 2.60. The van der Waals surface area contributed by atoms with Crippen molar-refractivity contribution in [1.82, 2.24) is 0 Å². The Morgan fingerprint density at radius 2 is 1.71 bits per heavy atom. The Kier molecular flexibility index (Phi) is 3.05. The summed E-state index contributed by atoms with van der Waals surface area (Å²) >= 11 is 0. The molecule has 0 aliphatic rings. The summed E-state index contributed by atoms with van der Waals surface area (Å²) in [4.78, 5) is 12.4. The van der Waals surface area contributed by atoms with Crippen LogP contribution in [0.15, 0.2) is 45.6 Å². The van der Waals surface area contributed by atoms with Gasteiger partial charge in [-0.1, -0.05) is 18.2 Å². The minimum absolute atomic E-state index is 0.0251. The van der Waals surface area contributed by atoms with Crippen LogP contribution >= 0.6 is 0 Å². The molecule has 0 radical (unpaired) electrons. The van der Waals surface area contributed by atoms with Crippen LogP contribution in [0.2, 0.25) is 0 Å². The van der Waals surface area contributed by atoms with Crippen LogP contribution in [0.4, 0.5) is 5.69 Å². The van der Waals surface area contributed by atoms with E-state index in [4.69, 9.17) is 10.2 Å². The molecule has 2 aromatic carbocycles. The van der Waals surface area contributed by atoms with Crippen molar-refractivity contribution < 1.29 is 4.42 Å². The fourth-order valence-corrected chi connectivity index (χ4v) is 2.60. The van der Waals surface area contributed by atoms with Gasteiger partial charge in [-0.15, -0.1) is 0 Å². The van der Waals surface area contributed by atoms with Gasteiger partial charge in [-0.3, -0.25) is 4.79 Å². The Morgan fingerprint density at radius 3 is 2.43 bits per heavy atom. The van der Waals surface area contributed by atoms with Crippen LogP contribution in [0.5, 0.6) is 0 Å². The molecular weight excluding hydrogens is 262 g/mol. The lowest BCUT2D eigenvalue weighted by Gasteiger charge is -2.08. The molecule has 0 saturated carbocycles. The summed E-state index contributed by atoms with van der Waals surface area (Å²) in [6, 6.07) is 11.1. The van der Waals surface area contributed by atoms with E-state index in [9.17, 15) is 4.79 Å². The second-order valence-corrected chi connectivity index (χ2v) is 5.50. The van der Waals surface area contributed by atoms with Gasteiger partial charge < -0.3 is 10.2 Å². The smallest absolute Gasteiger partial charge is 0.193 e. The molecule has 0 bridgehead atoms. The Hall–Kier alpha value is -2.55. The maximum absolute atomic E-state index is 12.4. The van der Waals surface area contributed by atoms with Crippen molar-refractivity contribution in [2.45, 2.75) is 20.8 Å². The number of nitrogens with two attached hydrogens (primary N) is 1. The molecule has 3 nitrogen and oxygen atoms in total. The van der Waals surface area contributed by atoms with E-state index >= 15 is 0 Å². The van der Waals surface area contributed by atoms with Crippen LogP contribution in [0.25, 0.3) is 22.3 Å². The van der Waals surface area contributed by atoms with E-state index in [-0.39, 0.29) is 5.43 Å². The van der Waals surface area contributed by atoms with Crippen LogP contribution in [0.3, 0.4) is 0 Å². The lowest BCUT2D eigenvalue weighted by atomic mass is 10.0. The van der Waals surface area contributed by atoms with Gasteiger partial charge in [0.25, 0.3) is 0 Å². The highest BCUT2D eigenvalue weighted by Gasteiger charge is 2.10. The zero-order chi connectivity index (χ0) is 15.1. The van der Waals surface area contributed by atoms with Crippen LogP contribution in [0.1, 0.15) is 16.7 Å². The van der Waals surface area contributed by atoms with Crippen molar-refractivity contribution in [1.29, 1.82) is 0 Å². The molecule has 0 unspecified atom stereocenters. The molecule has 1 heterocycles. The largest absolute Gasteiger partial charge is 0.456 e. The molecule has 0 aliphatic carbocycles. The summed E-state index contributed by atoms with van der Waals surface area (Å²) < 4.78 is 5.93. The highest BCUT2D eigenvalue weighted by molar-refractivity contribution is 5.83. The Morgan fingerprint density at radius 1 is 0.952 bits per heavy atom. The third-order valence-electron chi connectivity index (χ3n) is 3.74. The van der Waals surface area contributed by atoms with Gasteiger partial charge in [-0.25, -0.2) is 0 Å². The van der Waals surface area contributed by atoms with Gasteiger partial charge in [0.1, 0.15) is 11.3 Å². The van der Waals surface area contributed by atoms with E-state index in [1.54, 1.807) is 0 Å². The minimum Gasteiger partial charge on any atom is -0.456 e. The Labute approximate surface area is 123 Å². The summed E-state index contributed by atoms with van der Waals surface area (Å²) in [5, 5.41) is 0.643. The van der Waals surface area contributed by atoms with E-state index in [2.05, 4.69) is 0 Å². The van der Waals surface area contributed by atoms with Gasteiger partial charge in [-0.05, 0) is 49.6 Å². The second-order valence-electron chi connectivity index (χ2n) is 5.50. The standard InChI is InChI=1S/C18H17NO2/c1-10-6-12(3)18-15(20)9-16(21-17(18)7-10)13-5-4-11(2)14(19)8-13/h4-9H,19H2,1-3H3. The predicted molar refractivity (Wildman–Crippen MR) is 86.5 cm³/mol. The van der Waals surface area contributed by atoms with Gasteiger partial charge in [-0.2, -0.15) is 0 Å². The summed E-state index contributed by atoms with van der Waals surface area (Å²) in [7, 11) is 0. The van der Waals surface area contributed by atoms with Crippen LogP contribution < -0.4 is 11.2 Å². The van der Waals surface area contributed by atoms with E-state index in [1.807, 2.05) is 51.1 Å². The number of benzene rings is 2. The first-order chi connectivity index (χ1) is 9.95. The molecule has 0 atom stereocenters. The van der Waals surface area contributed by atoms with Crippen molar-refractivity contribution in [3.63, 3.8) is 0 Å². The Bertz CT molecular complexity index is 907. The molecule has 0 spiro atoms. The topological polar surface area (TPSA) is 56.2 Å². The summed E-state index contributed by atoms with van der Waals surface area (Å²) in [5.74, 6) is 0.546. The molecule has 3 aromatic rings. The monoisotopic (exact) mass is 279 g/mol. The second kappa shape index (κ2) is 4.77. The number of anilines is 1. The molecule has 0 amide bonds. The molecule has 106 valence electrons. The van der Waals surface area contributed by atoms with E-state index < -0.39 is 0 Å². The third-order valence-corrected chi connectivity index (χ3v) is 3.74. The van der Waals surface area contributed by atoms with Gasteiger partial charge in [0.2, 0.25) is 0 Å². The van der Waals surface area contributed by atoms with Crippen molar-refractivity contribution in [2.24, 2.45) is 0 Å². The number of fused-ring (bicyclic) bond motifs is 1. The molecule has 3 rings (SSSR count). The lowest BCUT2D eigenvalue weighted by molar-refractivity contribution is 0.618. The van der Waals surface area contributed by atoms with Gasteiger partial charge in [0.15, 0.2) is 5.43 Å². The predicted octanol–water partition coefficient (Wildman–Crippen LogP) is 3.97. The van der Waals surface area contributed by atoms with E-state index in [1.165, 1.54) is 6.07 Å². The normalized spacial score (nSPS) is 11.0. The molecule has 21 heavy (non-hydrogen) atoms. The lowest BCUT2D eigenvalue weighted by Crippen LogP contribution is -2.03. The average molecular weight is 279 g/mol. The van der Waals surface area contributed by atoms with Gasteiger partial charge >= 0.3 is 0 Å². The van der Waals surface area contributed by atoms with Crippen LogP contribution in [-0.4, -0.2) is 0 Å². The van der Waals surface area contributed by atoms with Gasteiger partial charge in [0.05, 0.1) is 5.39 Å². The first-order valence-corrected chi connectivity index (χ1v) is 6.87. The van der Waals surface area contributed by atoms with Crippen LogP contribution in [-0.2, 0) is 0 Å². The fraction of sp³-hybridized carbons (Fsp3) is 0.167. The Balaban J connectivity index is 2.29. The van der Waals surface area contributed by atoms with E-state index in [0.717, 1.165) is 22.3 Å². The van der Waals surface area contributed by atoms with Crippen molar-refractivity contribution in [2.75, 3.05) is 5.73 Å². The zero-order valence-corrected chi connectivity index (χ0v) is 12.4. The highest BCUT2D eigenvalue weighted by atomic mass is 16.3. The number of nitrogen functional groups attached to an aromatic ring is 1. The number of aryl methyl sites for hydroxylation is 3. The first-order valence-electron chi connectivity index (χ1n) is 6.87.